The lowest BCUT2D eigenvalue weighted by atomic mass is 10.9. The molecular formula is C5H12OS2. The minimum atomic E-state index is -1.18. The standard InChI is InChI=1S/C5H12OS2/c1-4-8(3,7)5(2)6/h7H,4H2,1-3H3. The number of carbonyl (C=O) groups excluding carboxylic acids is 1. The average molecular weight is 152 g/mol. The Morgan fingerprint density at radius 3 is 2.12 bits per heavy atom. The molecule has 1 atom stereocenters. The van der Waals surface area contributed by atoms with Gasteiger partial charge in [-0.15, -0.1) is 20.7 Å². The van der Waals surface area contributed by atoms with Crippen molar-refractivity contribution < 1.29 is 4.79 Å². The van der Waals surface area contributed by atoms with Gasteiger partial charge < -0.3 is 0 Å². The quantitative estimate of drug-likeness (QED) is 0.448. The van der Waals surface area contributed by atoms with Gasteiger partial charge in [-0.05, 0) is 12.0 Å². The van der Waals surface area contributed by atoms with Crippen LogP contribution >= 0.6 is 20.7 Å². The first-order valence-corrected chi connectivity index (χ1v) is 5.76. The first kappa shape index (κ1) is 8.37. The number of hydrogen-bond acceptors (Lipinski definition) is 2. The van der Waals surface area contributed by atoms with E-state index in [4.69, 9.17) is 0 Å². The molecule has 0 N–H and O–H groups in total. The van der Waals surface area contributed by atoms with E-state index in [9.17, 15) is 4.79 Å². The van der Waals surface area contributed by atoms with Gasteiger partial charge in [-0.25, -0.2) is 0 Å². The van der Waals surface area contributed by atoms with Gasteiger partial charge in [0.2, 0.25) is 0 Å². The highest BCUT2D eigenvalue weighted by atomic mass is 33.1. The molecule has 8 heavy (non-hydrogen) atoms. The normalized spacial score (nSPS) is 21.5. The molecule has 1 nitrogen and oxygen atoms in total. The maximum absolute atomic E-state index is 10.7. The molecular weight excluding hydrogens is 140 g/mol. The number of rotatable bonds is 1. The first-order chi connectivity index (χ1) is 3.50. The average Bonchev–Trinajstić information content (AvgIpc) is 1.67. The van der Waals surface area contributed by atoms with Gasteiger partial charge in [-0.1, -0.05) is 6.92 Å². The SMILES string of the molecule is CCS(C)(S)C(C)=O. The first-order valence-electron chi connectivity index (χ1n) is 2.49. The van der Waals surface area contributed by atoms with E-state index in [1.165, 1.54) is 0 Å². The van der Waals surface area contributed by atoms with Crippen LogP contribution in [0.3, 0.4) is 0 Å². The van der Waals surface area contributed by atoms with Crippen LogP contribution in [0.15, 0.2) is 0 Å². The maximum atomic E-state index is 10.7. The fraction of sp³-hybridized carbons (Fsp3) is 0.800. The Morgan fingerprint density at radius 1 is 1.75 bits per heavy atom. The van der Waals surface area contributed by atoms with Crippen LogP contribution < -0.4 is 0 Å². The molecule has 0 aliphatic carbocycles. The van der Waals surface area contributed by atoms with Crippen molar-refractivity contribution in [2.45, 2.75) is 13.8 Å². The molecule has 0 rings (SSSR count). The molecule has 0 saturated heterocycles. The second-order valence-corrected chi connectivity index (χ2v) is 7.47. The molecule has 0 aromatic carbocycles. The van der Waals surface area contributed by atoms with Crippen molar-refractivity contribution in [1.29, 1.82) is 0 Å². The Balaban J connectivity index is 3.91. The van der Waals surface area contributed by atoms with Crippen molar-refractivity contribution in [3.8, 4) is 0 Å². The van der Waals surface area contributed by atoms with Crippen molar-refractivity contribution in [1.82, 2.24) is 0 Å². The molecule has 0 radical (unpaired) electrons. The smallest absolute Gasteiger partial charge is 0.177 e. The van der Waals surface area contributed by atoms with E-state index in [1.54, 1.807) is 6.92 Å². The van der Waals surface area contributed by atoms with Gasteiger partial charge in [0.1, 0.15) is 0 Å². The summed E-state index contributed by atoms with van der Waals surface area (Å²) in [6.45, 7) is 3.59. The highest BCUT2D eigenvalue weighted by Gasteiger charge is 2.14. The Bertz CT molecular complexity index is 98.6. The summed E-state index contributed by atoms with van der Waals surface area (Å²) in [7, 11) is -1.18. The topological polar surface area (TPSA) is 17.1 Å². The summed E-state index contributed by atoms with van der Waals surface area (Å²) < 4.78 is 0. The Hall–Kier alpha value is 0.370. The van der Waals surface area contributed by atoms with E-state index < -0.39 is 9.06 Å². The van der Waals surface area contributed by atoms with Crippen LogP contribution in [0.2, 0.25) is 0 Å². The largest absolute Gasteiger partial charge is 0.288 e. The molecule has 3 heteroatoms. The minimum Gasteiger partial charge on any atom is -0.288 e. The predicted molar refractivity (Wildman–Crippen MR) is 43.7 cm³/mol. The highest BCUT2D eigenvalue weighted by molar-refractivity contribution is 8.93. The zero-order chi connectivity index (χ0) is 6.78. The van der Waals surface area contributed by atoms with Gasteiger partial charge in [0.05, 0.1) is 0 Å². The van der Waals surface area contributed by atoms with E-state index in [-0.39, 0.29) is 5.12 Å². The molecule has 1 unspecified atom stereocenters. The van der Waals surface area contributed by atoms with Crippen LogP contribution in [0.25, 0.3) is 0 Å². The van der Waals surface area contributed by atoms with Gasteiger partial charge in [0.25, 0.3) is 0 Å². The van der Waals surface area contributed by atoms with Crippen molar-refractivity contribution in [2.75, 3.05) is 12.0 Å². The molecule has 50 valence electrons. The Labute approximate surface area is 57.0 Å². The molecule has 0 bridgehead atoms. The summed E-state index contributed by atoms with van der Waals surface area (Å²) in [6, 6.07) is 0. The molecule has 0 aliphatic heterocycles. The lowest BCUT2D eigenvalue weighted by molar-refractivity contribution is -0.109. The third kappa shape index (κ3) is 2.09. The fourth-order valence-electron chi connectivity index (χ4n) is 0.203. The molecule has 0 aromatic rings. The lowest BCUT2D eigenvalue weighted by Gasteiger charge is -2.23. The van der Waals surface area contributed by atoms with E-state index >= 15 is 0 Å². The Morgan fingerprint density at radius 2 is 2.12 bits per heavy atom. The predicted octanol–water partition coefficient (Wildman–Crippen LogP) is 1.83. The zero-order valence-electron chi connectivity index (χ0n) is 5.47. The van der Waals surface area contributed by atoms with E-state index in [1.807, 2.05) is 13.2 Å². The molecule has 0 saturated carbocycles. The second-order valence-electron chi connectivity index (χ2n) is 1.82. The van der Waals surface area contributed by atoms with Crippen molar-refractivity contribution in [3.63, 3.8) is 0 Å². The van der Waals surface area contributed by atoms with Crippen LogP contribution in [0, 0.1) is 0 Å². The second kappa shape index (κ2) is 2.78. The summed E-state index contributed by atoms with van der Waals surface area (Å²) in [6.07, 6.45) is 1.92. The van der Waals surface area contributed by atoms with Gasteiger partial charge in [0, 0.05) is 6.92 Å². The van der Waals surface area contributed by atoms with Crippen LogP contribution in [0.4, 0.5) is 0 Å². The van der Waals surface area contributed by atoms with Crippen LogP contribution in [0.1, 0.15) is 13.8 Å². The number of carbonyl (C=O) groups is 1. The number of hydrogen-bond donors (Lipinski definition) is 1. The third-order valence-electron chi connectivity index (χ3n) is 1.18. The zero-order valence-corrected chi connectivity index (χ0v) is 7.18. The van der Waals surface area contributed by atoms with Gasteiger partial charge in [-0.2, -0.15) is 0 Å². The van der Waals surface area contributed by atoms with Crippen LogP contribution in [-0.4, -0.2) is 17.1 Å². The summed E-state index contributed by atoms with van der Waals surface area (Å²) in [5.41, 5.74) is 0. The molecule has 0 aromatic heterocycles. The summed E-state index contributed by atoms with van der Waals surface area (Å²) in [5, 5.41) is 0.225. The summed E-state index contributed by atoms with van der Waals surface area (Å²) in [5.74, 6) is 0.880. The lowest BCUT2D eigenvalue weighted by Crippen LogP contribution is -2.01. The molecule has 0 heterocycles. The molecule has 0 fully saturated rings. The van der Waals surface area contributed by atoms with Crippen LogP contribution in [0.5, 0.6) is 0 Å². The van der Waals surface area contributed by atoms with Gasteiger partial charge in [0.15, 0.2) is 5.12 Å². The van der Waals surface area contributed by atoms with E-state index in [2.05, 4.69) is 11.7 Å². The van der Waals surface area contributed by atoms with Crippen molar-refractivity contribution in [3.05, 3.63) is 0 Å². The minimum absolute atomic E-state index is 0.225. The summed E-state index contributed by atoms with van der Waals surface area (Å²) >= 11 is 4.22. The maximum Gasteiger partial charge on any atom is 0.177 e. The van der Waals surface area contributed by atoms with Gasteiger partial charge >= 0.3 is 0 Å². The van der Waals surface area contributed by atoms with E-state index in [0.29, 0.717) is 0 Å². The highest BCUT2D eigenvalue weighted by Crippen LogP contribution is 2.48. The van der Waals surface area contributed by atoms with Crippen molar-refractivity contribution in [2.24, 2.45) is 0 Å². The fourth-order valence-corrected chi connectivity index (χ4v) is 0.610. The Kier molecular flexibility index (Phi) is 2.91. The van der Waals surface area contributed by atoms with Crippen LogP contribution in [-0.2, 0) is 4.79 Å². The number of thiol groups is 1. The third-order valence-corrected chi connectivity index (χ3v) is 5.09. The molecule has 0 aliphatic rings. The molecule has 0 spiro atoms. The summed E-state index contributed by atoms with van der Waals surface area (Å²) in [4.78, 5) is 10.7. The van der Waals surface area contributed by atoms with Crippen molar-refractivity contribution >= 4 is 25.8 Å². The van der Waals surface area contributed by atoms with Gasteiger partial charge in [-0.3, -0.25) is 4.79 Å². The molecule has 0 amide bonds. The monoisotopic (exact) mass is 152 g/mol. The van der Waals surface area contributed by atoms with E-state index in [0.717, 1.165) is 5.75 Å².